The molecular weight excluding hydrogens is 410 g/mol. The topological polar surface area (TPSA) is 113 Å². The second-order valence-corrected chi connectivity index (χ2v) is 7.75. The number of amides is 2. The fourth-order valence-electron chi connectivity index (χ4n) is 3.60. The summed E-state index contributed by atoms with van der Waals surface area (Å²) in [5.41, 5.74) is 2.11. The van der Waals surface area contributed by atoms with Crippen molar-refractivity contribution in [2.75, 3.05) is 26.8 Å². The Balaban J connectivity index is 1.51. The average molecular weight is 438 g/mol. The van der Waals surface area contributed by atoms with E-state index in [9.17, 15) is 9.59 Å². The standard InChI is InChI=1S/C23H27N5O4/c1-3-15-4-6-16(7-5-15)18-8-9-19(32-18)23(30)28(13-21(29)24-2)12-20-25-22(27-26-20)17-10-11-31-14-17/h4-9,17H,3,10-14H2,1-2H3,(H,24,29)(H,25,26,27). The number of benzene rings is 1. The van der Waals surface area contributed by atoms with Gasteiger partial charge in [-0.15, -0.1) is 0 Å². The number of aromatic nitrogens is 3. The first-order chi connectivity index (χ1) is 15.6. The summed E-state index contributed by atoms with van der Waals surface area (Å²) in [6, 6.07) is 11.4. The molecule has 1 atom stereocenters. The van der Waals surface area contributed by atoms with E-state index < -0.39 is 5.91 Å². The lowest BCUT2D eigenvalue weighted by molar-refractivity contribution is -0.121. The van der Waals surface area contributed by atoms with E-state index >= 15 is 0 Å². The summed E-state index contributed by atoms with van der Waals surface area (Å²) in [6.07, 6.45) is 1.82. The van der Waals surface area contributed by atoms with Crippen LogP contribution in [-0.2, 0) is 22.5 Å². The van der Waals surface area contributed by atoms with Crippen molar-refractivity contribution in [1.29, 1.82) is 0 Å². The lowest BCUT2D eigenvalue weighted by Crippen LogP contribution is -2.39. The number of likely N-dealkylation sites (N-methyl/N-ethyl adjacent to an activating group) is 1. The highest BCUT2D eigenvalue weighted by molar-refractivity contribution is 5.94. The highest BCUT2D eigenvalue weighted by Gasteiger charge is 2.26. The van der Waals surface area contributed by atoms with E-state index in [4.69, 9.17) is 9.15 Å². The number of hydrogen-bond donors (Lipinski definition) is 2. The summed E-state index contributed by atoms with van der Waals surface area (Å²) in [4.78, 5) is 31.1. The van der Waals surface area contributed by atoms with Gasteiger partial charge >= 0.3 is 0 Å². The SMILES string of the molecule is CCc1ccc(-c2ccc(C(=O)N(CC(=O)NC)Cc3nc(C4CCOC4)n[nH]3)o2)cc1. The number of carbonyl (C=O) groups excluding carboxylic acids is 2. The van der Waals surface area contributed by atoms with Crippen molar-refractivity contribution in [3.8, 4) is 11.3 Å². The quantitative estimate of drug-likeness (QED) is 0.560. The van der Waals surface area contributed by atoms with E-state index in [0.29, 0.717) is 30.6 Å². The van der Waals surface area contributed by atoms with Gasteiger partial charge in [0, 0.05) is 25.1 Å². The Kier molecular flexibility index (Phi) is 6.65. The molecule has 4 rings (SSSR count). The Morgan fingerprint density at radius 1 is 1.22 bits per heavy atom. The van der Waals surface area contributed by atoms with Gasteiger partial charge in [-0.05, 0) is 30.5 Å². The number of carbonyl (C=O) groups is 2. The van der Waals surface area contributed by atoms with Crippen molar-refractivity contribution in [1.82, 2.24) is 25.4 Å². The predicted octanol–water partition coefficient (Wildman–Crippen LogP) is 2.52. The first-order valence-electron chi connectivity index (χ1n) is 10.7. The number of nitrogens with zero attached hydrogens (tertiary/aromatic N) is 3. The van der Waals surface area contributed by atoms with Crippen LogP contribution in [0.5, 0.6) is 0 Å². The molecule has 0 spiro atoms. The maximum Gasteiger partial charge on any atom is 0.290 e. The van der Waals surface area contributed by atoms with Crippen LogP contribution in [0.25, 0.3) is 11.3 Å². The average Bonchev–Trinajstić information content (AvgIpc) is 3.59. The van der Waals surface area contributed by atoms with Crippen LogP contribution in [0.3, 0.4) is 0 Å². The molecule has 1 saturated heterocycles. The Morgan fingerprint density at radius 2 is 2.03 bits per heavy atom. The Hall–Kier alpha value is -3.46. The van der Waals surface area contributed by atoms with Gasteiger partial charge in [0.15, 0.2) is 11.6 Å². The molecule has 2 N–H and O–H groups in total. The summed E-state index contributed by atoms with van der Waals surface area (Å²) >= 11 is 0. The second kappa shape index (κ2) is 9.78. The molecule has 1 aromatic carbocycles. The fourth-order valence-corrected chi connectivity index (χ4v) is 3.60. The fraction of sp³-hybridized carbons (Fsp3) is 0.391. The maximum atomic E-state index is 13.2. The normalized spacial score (nSPS) is 15.6. The molecule has 1 unspecified atom stereocenters. The Morgan fingerprint density at radius 3 is 2.72 bits per heavy atom. The molecule has 9 heteroatoms. The van der Waals surface area contributed by atoms with E-state index in [1.807, 2.05) is 24.3 Å². The highest BCUT2D eigenvalue weighted by atomic mass is 16.5. The zero-order valence-electron chi connectivity index (χ0n) is 18.3. The molecular formula is C23H27N5O4. The van der Waals surface area contributed by atoms with Crippen LogP contribution in [0.15, 0.2) is 40.8 Å². The number of rotatable bonds is 8. The zero-order valence-corrected chi connectivity index (χ0v) is 18.3. The molecule has 3 aromatic rings. The van der Waals surface area contributed by atoms with Crippen LogP contribution in [0.2, 0.25) is 0 Å². The molecule has 0 aliphatic carbocycles. The zero-order chi connectivity index (χ0) is 22.5. The van der Waals surface area contributed by atoms with Crippen molar-refractivity contribution in [3.05, 3.63) is 59.4 Å². The van der Waals surface area contributed by atoms with E-state index in [1.165, 1.54) is 17.5 Å². The van der Waals surface area contributed by atoms with E-state index in [0.717, 1.165) is 18.4 Å². The van der Waals surface area contributed by atoms with E-state index in [2.05, 4.69) is 27.4 Å². The second-order valence-electron chi connectivity index (χ2n) is 7.75. The minimum absolute atomic E-state index is 0.105. The van der Waals surface area contributed by atoms with Gasteiger partial charge in [-0.3, -0.25) is 14.7 Å². The molecule has 32 heavy (non-hydrogen) atoms. The van der Waals surface area contributed by atoms with Crippen molar-refractivity contribution in [2.45, 2.75) is 32.2 Å². The molecule has 0 saturated carbocycles. The summed E-state index contributed by atoms with van der Waals surface area (Å²) in [5.74, 6) is 1.39. The van der Waals surface area contributed by atoms with Crippen LogP contribution < -0.4 is 5.32 Å². The smallest absolute Gasteiger partial charge is 0.290 e. The van der Waals surface area contributed by atoms with Crippen molar-refractivity contribution < 1.29 is 18.7 Å². The predicted molar refractivity (Wildman–Crippen MR) is 117 cm³/mol. The van der Waals surface area contributed by atoms with Gasteiger partial charge in [0.05, 0.1) is 13.2 Å². The van der Waals surface area contributed by atoms with Crippen molar-refractivity contribution in [3.63, 3.8) is 0 Å². The minimum atomic E-state index is -0.396. The van der Waals surface area contributed by atoms with Gasteiger partial charge in [-0.1, -0.05) is 31.2 Å². The molecule has 1 aliphatic rings. The van der Waals surface area contributed by atoms with Gasteiger partial charge in [0.2, 0.25) is 5.91 Å². The minimum Gasteiger partial charge on any atom is -0.451 e. The number of aryl methyl sites for hydroxylation is 1. The van der Waals surface area contributed by atoms with Crippen LogP contribution in [0.4, 0.5) is 0 Å². The number of H-pyrrole nitrogens is 1. The first-order valence-corrected chi connectivity index (χ1v) is 10.7. The third-order valence-corrected chi connectivity index (χ3v) is 5.55. The molecule has 3 heterocycles. The molecule has 0 bridgehead atoms. The molecule has 2 amide bonds. The Bertz CT molecular complexity index is 1070. The van der Waals surface area contributed by atoms with Crippen LogP contribution in [0.1, 0.15) is 47.0 Å². The molecule has 9 nitrogen and oxygen atoms in total. The van der Waals surface area contributed by atoms with Crippen LogP contribution in [-0.4, -0.2) is 58.7 Å². The van der Waals surface area contributed by atoms with Gasteiger partial charge < -0.3 is 19.4 Å². The van der Waals surface area contributed by atoms with E-state index in [-0.39, 0.29) is 30.7 Å². The number of ether oxygens (including phenoxy) is 1. The van der Waals surface area contributed by atoms with Gasteiger partial charge in [0.1, 0.15) is 18.1 Å². The monoisotopic (exact) mass is 437 g/mol. The molecule has 1 fully saturated rings. The van der Waals surface area contributed by atoms with Gasteiger partial charge in [0.25, 0.3) is 5.91 Å². The third-order valence-electron chi connectivity index (χ3n) is 5.55. The summed E-state index contributed by atoms with van der Waals surface area (Å²) in [5, 5.41) is 9.70. The molecule has 168 valence electrons. The Labute approximate surface area is 186 Å². The number of furan rings is 1. The van der Waals surface area contributed by atoms with Crippen molar-refractivity contribution >= 4 is 11.8 Å². The van der Waals surface area contributed by atoms with Gasteiger partial charge in [-0.2, -0.15) is 5.10 Å². The van der Waals surface area contributed by atoms with Crippen molar-refractivity contribution in [2.24, 2.45) is 0 Å². The van der Waals surface area contributed by atoms with Gasteiger partial charge in [-0.25, -0.2) is 4.98 Å². The van der Waals surface area contributed by atoms with E-state index in [1.54, 1.807) is 12.1 Å². The lowest BCUT2D eigenvalue weighted by atomic mass is 10.1. The lowest BCUT2D eigenvalue weighted by Gasteiger charge is -2.19. The largest absolute Gasteiger partial charge is 0.451 e. The first kappa shape index (κ1) is 21.8. The highest BCUT2D eigenvalue weighted by Crippen LogP contribution is 2.25. The number of nitrogens with one attached hydrogen (secondary N) is 2. The maximum absolute atomic E-state index is 13.2. The number of hydrogen-bond acceptors (Lipinski definition) is 6. The summed E-state index contributed by atoms with van der Waals surface area (Å²) < 4.78 is 11.2. The third kappa shape index (κ3) is 4.88. The molecule has 1 aliphatic heterocycles. The molecule has 0 radical (unpaired) electrons. The molecule has 2 aromatic heterocycles. The summed E-state index contributed by atoms with van der Waals surface area (Å²) in [7, 11) is 1.53. The summed E-state index contributed by atoms with van der Waals surface area (Å²) in [6.45, 7) is 3.36. The van der Waals surface area contributed by atoms with Crippen LogP contribution in [0, 0.1) is 0 Å². The number of aromatic amines is 1. The van der Waals surface area contributed by atoms with Crippen LogP contribution >= 0.6 is 0 Å².